The van der Waals surface area contributed by atoms with Crippen molar-refractivity contribution in [3.05, 3.63) is 58.2 Å². The van der Waals surface area contributed by atoms with Crippen LogP contribution in [-0.2, 0) is 9.59 Å². The third kappa shape index (κ3) is 9.54. The number of hydrogen-bond acceptors (Lipinski definition) is 5. The fraction of sp³-hybridized carbons (Fsp3) is 0.300. The summed E-state index contributed by atoms with van der Waals surface area (Å²) in [5.74, 6) is -0.722. The zero-order valence-electron chi connectivity index (χ0n) is 16.5. The van der Waals surface area contributed by atoms with Crippen molar-refractivity contribution in [3.63, 3.8) is 0 Å². The zero-order chi connectivity index (χ0) is 22.6. The van der Waals surface area contributed by atoms with Gasteiger partial charge in [-0.05, 0) is 48.7 Å². The standard InChI is InChI=1S/C20H23Cl2N5O4/c21-14-9-13(10-15(22)11-14)16(12-19(29)30)25-20(31)27-26-18(28)6-2-4-8-24-17-5-1-3-7-23-17/h1,3,5,7,9-11,16H,2,4,6,8,12H2,(H,23,24)(H,26,28)(H,29,30)(H2,25,27,31). The maximum Gasteiger partial charge on any atom is 0.333 e. The lowest BCUT2D eigenvalue weighted by Crippen LogP contribution is -2.48. The smallest absolute Gasteiger partial charge is 0.333 e. The molecule has 0 bridgehead atoms. The summed E-state index contributed by atoms with van der Waals surface area (Å²) in [6, 6.07) is 8.43. The van der Waals surface area contributed by atoms with Gasteiger partial charge in [-0.3, -0.25) is 15.0 Å². The van der Waals surface area contributed by atoms with E-state index in [1.54, 1.807) is 6.20 Å². The number of carbonyl (C=O) groups is 3. The second-order valence-electron chi connectivity index (χ2n) is 6.60. The Morgan fingerprint density at radius 3 is 2.42 bits per heavy atom. The third-order valence-corrected chi connectivity index (χ3v) is 4.52. The average Bonchev–Trinajstić information content (AvgIpc) is 2.71. The molecule has 1 aromatic carbocycles. The van der Waals surface area contributed by atoms with Gasteiger partial charge in [-0.25, -0.2) is 15.2 Å². The molecule has 31 heavy (non-hydrogen) atoms. The Hall–Kier alpha value is -3.04. The van der Waals surface area contributed by atoms with Crippen LogP contribution in [0.3, 0.4) is 0 Å². The average molecular weight is 468 g/mol. The van der Waals surface area contributed by atoms with E-state index in [1.807, 2.05) is 18.2 Å². The number of nitrogens with one attached hydrogen (secondary N) is 4. The van der Waals surface area contributed by atoms with Crippen molar-refractivity contribution in [2.24, 2.45) is 0 Å². The number of carbonyl (C=O) groups excluding carboxylic acids is 2. The first-order chi connectivity index (χ1) is 14.8. The summed E-state index contributed by atoms with van der Waals surface area (Å²) in [6.45, 7) is 0.664. The lowest BCUT2D eigenvalue weighted by Gasteiger charge is -2.18. The second kappa shape index (κ2) is 12.6. The highest BCUT2D eigenvalue weighted by Gasteiger charge is 2.19. The summed E-state index contributed by atoms with van der Waals surface area (Å²) in [7, 11) is 0. The minimum Gasteiger partial charge on any atom is -0.481 e. The normalized spacial score (nSPS) is 11.3. The number of unbranched alkanes of at least 4 members (excludes halogenated alkanes) is 1. The quantitative estimate of drug-likeness (QED) is 0.268. The predicted molar refractivity (Wildman–Crippen MR) is 118 cm³/mol. The first-order valence-corrected chi connectivity index (χ1v) is 10.3. The van der Waals surface area contributed by atoms with Gasteiger partial charge in [0.15, 0.2) is 0 Å². The molecule has 2 aromatic rings. The van der Waals surface area contributed by atoms with E-state index in [9.17, 15) is 14.4 Å². The number of hydrazine groups is 1. The molecule has 3 amide bonds. The molecule has 1 atom stereocenters. The van der Waals surface area contributed by atoms with Crippen molar-refractivity contribution in [3.8, 4) is 0 Å². The number of carboxylic acid groups (broad SMARTS) is 1. The molecule has 5 N–H and O–H groups in total. The highest BCUT2D eigenvalue weighted by atomic mass is 35.5. The maximum atomic E-state index is 12.1. The first kappa shape index (κ1) is 24.2. The fourth-order valence-corrected chi connectivity index (χ4v) is 3.22. The Morgan fingerprint density at radius 1 is 1.03 bits per heavy atom. The van der Waals surface area contributed by atoms with Gasteiger partial charge >= 0.3 is 12.0 Å². The van der Waals surface area contributed by atoms with Gasteiger partial charge in [-0.2, -0.15) is 0 Å². The van der Waals surface area contributed by atoms with Crippen LogP contribution in [0.25, 0.3) is 0 Å². The van der Waals surface area contributed by atoms with Gasteiger partial charge in [-0.15, -0.1) is 0 Å². The molecule has 0 aliphatic rings. The molecular formula is C20H23Cl2N5O4. The molecule has 0 aliphatic carbocycles. The summed E-state index contributed by atoms with van der Waals surface area (Å²) < 4.78 is 0. The van der Waals surface area contributed by atoms with Crippen molar-refractivity contribution in [2.75, 3.05) is 11.9 Å². The van der Waals surface area contributed by atoms with Crippen molar-refractivity contribution in [2.45, 2.75) is 31.7 Å². The third-order valence-electron chi connectivity index (χ3n) is 4.09. The zero-order valence-corrected chi connectivity index (χ0v) is 18.0. The Balaban J connectivity index is 1.72. The number of aliphatic carboxylic acids is 1. The van der Waals surface area contributed by atoms with Gasteiger partial charge in [0.05, 0.1) is 12.5 Å². The van der Waals surface area contributed by atoms with Crippen molar-refractivity contribution >= 4 is 46.9 Å². The molecular weight excluding hydrogens is 445 g/mol. The Labute approximate surface area is 189 Å². The number of aromatic nitrogens is 1. The summed E-state index contributed by atoms with van der Waals surface area (Å²) >= 11 is 11.9. The van der Waals surface area contributed by atoms with Crippen LogP contribution in [0.15, 0.2) is 42.6 Å². The van der Waals surface area contributed by atoms with Crippen molar-refractivity contribution in [1.82, 2.24) is 21.2 Å². The molecule has 166 valence electrons. The van der Waals surface area contributed by atoms with Gasteiger partial charge in [0.1, 0.15) is 5.82 Å². The number of amides is 3. The van der Waals surface area contributed by atoms with Crippen molar-refractivity contribution < 1.29 is 19.5 Å². The van der Waals surface area contributed by atoms with E-state index in [4.69, 9.17) is 28.3 Å². The molecule has 11 heteroatoms. The summed E-state index contributed by atoms with van der Waals surface area (Å²) in [5.41, 5.74) is 4.94. The topological polar surface area (TPSA) is 132 Å². The number of benzene rings is 1. The van der Waals surface area contributed by atoms with Gasteiger partial charge in [-0.1, -0.05) is 29.3 Å². The van der Waals surface area contributed by atoms with E-state index in [1.165, 1.54) is 18.2 Å². The molecule has 0 radical (unpaired) electrons. The minimum atomic E-state index is -1.12. The van der Waals surface area contributed by atoms with Crippen LogP contribution in [-0.4, -0.2) is 34.5 Å². The summed E-state index contributed by atoms with van der Waals surface area (Å²) in [6.07, 6.45) is 2.87. The van der Waals surface area contributed by atoms with Crippen LogP contribution in [0.5, 0.6) is 0 Å². The number of rotatable bonds is 10. The number of pyridine rings is 1. The van der Waals surface area contributed by atoms with Gasteiger partial charge in [0.25, 0.3) is 0 Å². The Bertz CT molecular complexity index is 878. The molecule has 0 saturated carbocycles. The van der Waals surface area contributed by atoms with Gasteiger partial charge < -0.3 is 15.7 Å². The molecule has 1 aromatic heterocycles. The number of carboxylic acids is 1. The lowest BCUT2D eigenvalue weighted by molar-refractivity contribution is -0.137. The molecule has 0 aliphatic heterocycles. The molecule has 0 saturated heterocycles. The van der Waals surface area contributed by atoms with E-state index in [0.29, 0.717) is 28.6 Å². The van der Waals surface area contributed by atoms with Crippen LogP contribution < -0.4 is 21.5 Å². The number of nitrogens with zero attached hydrogens (tertiary/aromatic N) is 1. The Kier molecular flexibility index (Phi) is 9.86. The Morgan fingerprint density at radius 2 is 1.77 bits per heavy atom. The second-order valence-corrected chi connectivity index (χ2v) is 7.47. The SMILES string of the molecule is O=C(O)CC(NC(=O)NNC(=O)CCCCNc1ccccn1)c1cc(Cl)cc(Cl)c1. The van der Waals surface area contributed by atoms with Crippen LogP contribution in [0.2, 0.25) is 10.0 Å². The summed E-state index contributed by atoms with van der Waals surface area (Å²) in [4.78, 5) is 39.3. The lowest BCUT2D eigenvalue weighted by atomic mass is 10.0. The molecule has 9 nitrogen and oxygen atoms in total. The van der Waals surface area contributed by atoms with Crippen LogP contribution >= 0.6 is 23.2 Å². The summed E-state index contributed by atoms with van der Waals surface area (Å²) in [5, 5.41) is 15.4. The minimum absolute atomic E-state index is 0.215. The maximum absolute atomic E-state index is 12.1. The molecule has 1 heterocycles. The molecule has 0 spiro atoms. The number of anilines is 1. The van der Waals surface area contributed by atoms with E-state index in [0.717, 1.165) is 12.2 Å². The van der Waals surface area contributed by atoms with E-state index >= 15 is 0 Å². The van der Waals surface area contributed by atoms with E-state index < -0.39 is 18.0 Å². The molecule has 2 rings (SSSR count). The highest BCUT2D eigenvalue weighted by molar-refractivity contribution is 6.34. The predicted octanol–water partition coefficient (Wildman–Crippen LogP) is 3.52. The van der Waals surface area contributed by atoms with Crippen LogP contribution in [0, 0.1) is 0 Å². The van der Waals surface area contributed by atoms with E-state index in [2.05, 4.69) is 26.5 Å². The van der Waals surface area contributed by atoms with Gasteiger partial charge in [0, 0.05) is 29.2 Å². The monoisotopic (exact) mass is 467 g/mol. The molecule has 0 fully saturated rings. The fourth-order valence-electron chi connectivity index (χ4n) is 2.68. The number of urea groups is 1. The van der Waals surface area contributed by atoms with Crippen molar-refractivity contribution in [1.29, 1.82) is 0 Å². The number of halogens is 2. The number of hydrogen-bond donors (Lipinski definition) is 5. The van der Waals surface area contributed by atoms with E-state index in [-0.39, 0.29) is 18.7 Å². The largest absolute Gasteiger partial charge is 0.481 e. The highest BCUT2D eigenvalue weighted by Crippen LogP contribution is 2.25. The van der Waals surface area contributed by atoms with Gasteiger partial charge in [0.2, 0.25) is 5.91 Å². The first-order valence-electron chi connectivity index (χ1n) is 9.51. The van der Waals surface area contributed by atoms with Crippen LogP contribution in [0.1, 0.15) is 37.3 Å². The van der Waals surface area contributed by atoms with Crippen LogP contribution in [0.4, 0.5) is 10.6 Å². The molecule has 1 unspecified atom stereocenters.